The van der Waals surface area contributed by atoms with Gasteiger partial charge >= 0.3 is 0 Å². The molecule has 0 radical (unpaired) electrons. The molecular formula is C12H12N2O. The minimum absolute atomic E-state index is 0.638. The van der Waals surface area contributed by atoms with Crippen LogP contribution in [0.2, 0.25) is 0 Å². The Balaban J connectivity index is 2.25. The molecule has 2 N–H and O–H groups in total. The van der Waals surface area contributed by atoms with Gasteiger partial charge < -0.3 is 10.5 Å². The molecule has 1 aromatic carbocycles. The first-order valence-electron chi connectivity index (χ1n) is 4.70. The molecule has 0 amide bonds. The van der Waals surface area contributed by atoms with Gasteiger partial charge in [-0.25, -0.2) is 0 Å². The highest BCUT2D eigenvalue weighted by molar-refractivity contribution is 5.55. The third-order valence-corrected chi connectivity index (χ3v) is 2.03. The van der Waals surface area contributed by atoms with Crippen LogP contribution in [-0.4, -0.2) is 4.98 Å². The standard InChI is InChI=1S/C12H12N2O/c1-9-4-5-12(11(13)7-9)15-10-3-2-6-14-8-10/h2-8H,13H2,1H3. The van der Waals surface area contributed by atoms with E-state index < -0.39 is 0 Å². The molecule has 1 aromatic heterocycles. The zero-order chi connectivity index (χ0) is 10.7. The molecule has 1 heterocycles. The van der Waals surface area contributed by atoms with Crippen LogP contribution in [0.5, 0.6) is 11.5 Å². The predicted octanol–water partition coefficient (Wildman–Crippen LogP) is 2.76. The number of aryl methyl sites for hydroxylation is 1. The predicted molar refractivity (Wildman–Crippen MR) is 59.9 cm³/mol. The fourth-order valence-electron chi connectivity index (χ4n) is 1.30. The maximum atomic E-state index is 5.82. The van der Waals surface area contributed by atoms with E-state index in [-0.39, 0.29) is 0 Å². The molecule has 3 nitrogen and oxygen atoms in total. The average molecular weight is 200 g/mol. The summed E-state index contributed by atoms with van der Waals surface area (Å²) in [6.45, 7) is 1.99. The van der Waals surface area contributed by atoms with Crippen molar-refractivity contribution in [1.82, 2.24) is 4.98 Å². The lowest BCUT2D eigenvalue weighted by molar-refractivity contribution is 0.482. The monoisotopic (exact) mass is 200 g/mol. The first-order chi connectivity index (χ1) is 7.25. The Morgan fingerprint density at radius 2 is 2.13 bits per heavy atom. The lowest BCUT2D eigenvalue weighted by atomic mass is 10.2. The zero-order valence-corrected chi connectivity index (χ0v) is 8.47. The number of rotatable bonds is 2. The molecule has 0 aliphatic carbocycles. The van der Waals surface area contributed by atoms with Crippen LogP contribution in [0.25, 0.3) is 0 Å². The Morgan fingerprint density at radius 3 is 2.80 bits per heavy atom. The minimum atomic E-state index is 0.638. The molecule has 0 saturated carbocycles. The number of hydrogen-bond donors (Lipinski definition) is 1. The van der Waals surface area contributed by atoms with Crippen LogP contribution in [-0.2, 0) is 0 Å². The second-order valence-corrected chi connectivity index (χ2v) is 3.33. The van der Waals surface area contributed by atoms with E-state index in [1.807, 2.05) is 37.3 Å². The van der Waals surface area contributed by atoms with Gasteiger partial charge in [-0.1, -0.05) is 6.07 Å². The summed E-state index contributed by atoms with van der Waals surface area (Å²) >= 11 is 0. The van der Waals surface area contributed by atoms with Gasteiger partial charge in [0, 0.05) is 6.20 Å². The Kier molecular flexibility index (Phi) is 2.54. The second-order valence-electron chi connectivity index (χ2n) is 3.33. The molecule has 2 rings (SSSR count). The number of benzene rings is 1. The third kappa shape index (κ3) is 2.26. The summed E-state index contributed by atoms with van der Waals surface area (Å²) in [6.07, 6.45) is 3.35. The zero-order valence-electron chi connectivity index (χ0n) is 8.47. The van der Waals surface area contributed by atoms with E-state index in [1.54, 1.807) is 12.4 Å². The summed E-state index contributed by atoms with van der Waals surface area (Å²) < 4.78 is 5.58. The minimum Gasteiger partial charge on any atom is -0.454 e. The summed E-state index contributed by atoms with van der Waals surface area (Å²) in [7, 11) is 0. The van der Waals surface area contributed by atoms with Gasteiger partial charge in [-0.05, 0) is 36.8 Å². The molecule has 0 bridgehead atoms. The van der Waals surface area contributed by atoms with Crippen LogP contribution in [0.3, 0.4) is 0 Å². The number of ether oxygens (including phenoxy) is 1. The Morgan fingerprint density at radius 1 is 1.27 bits per heavy atom. The van der Waals surface area contributed by atoms with E-state index >= 15 is 0 Å². The highest BCUT2D eigenvalue weighted by atomic mass is 16.5. The summed E-state index contributed by atoms with van der Waals surface area (Å²) in [4.78, 5) is 3.96. The first kappa shape index (κ1) is 9.52. The van der Waals surface area contributed by atoms with E-state index in [0.717, 1.165) is 5.56 Å². The number of pyridine rings is 1. The van der Waals surface area contributed by atoms with Gasteiger partial charge in [0.15, 0.2) is 0 Å². The fraction of sp³-hybridized carbons (Fsp3) is 0.0833. The van der Waals surface area contributed by atoms with Gasteiger partial charge in [0.25, 0.3) is 0 Å². The lowest BCUT2D eigenvalue weighted by Gasteiger charge is -2.08. The molecule has 0 unspecified atom stereocenters. The molecule has 76 valence electrons. The number of nitrogens with two attached hydrogens (primary N) is 1. The van der Waals surface area contributed by atoms with Crippen LogP contribution in [0, 0.1) is 6.92 Å². The SMILES string of the molecule is Cc1ccc(Oc2cccnc2)c(N)c1. The van der Waals surface area contributed by atoms with Gasteiger partial charge in [0.05, 0.1) is 11.9 Å². The van der Waals surface area contributed by atoms with E-state index in [0.29, 0.717) is 17.2 Å². The highest BCUT2D eigenvalue weighted by Crippen LogP contribution is 2.27. The molecule has 0 aliphatic rings. The van der Waals surface area contributed by atoms with Crippen LogP contribution in [0.1, 0.15) is 5.56 Å². The average Bonchev–Trinajstić information content (AvgIpc) is 2.24. The normalized spacial score (nSPS) is 9.93. The van der Waals surface area contributed by atoms with Gasteiger partial charge in [-0.2, -0.15) is 0 Å². The Bertz CT molecular complexity index is 454. The molecule has 0 spiro atoms. The van der Waals surface area contributed by atoms with Gasteiger partial charge in [-0.3, -0.25) is 4.98 Å². The van der Waals surface area contributed by atoms with Gasteiger partial charge in [0.2, 0.25) is 0 Å². The van der Waals surface area contributed by atoms with Gasteiger partial charge in [-0.15, -0.1) is 0 Å². The highest BCUT2D eigenvalue weighted by Gasteiger charge is 2.01. The number of nitrogens with zero attached hydrogens (tertiary/aromatic N) is 1. The molecule has 15 heavy (non-hydrogen) atoms. The molecule has 0 atom stereocenters. The van der Waals surface area contributed by atoms with Crippen molar-refractivity contribution in [2.75, 3.05) is 5.73 Å². The first-order valence-corrected chi connectivity index (χ1v) is 4.70. The largest absolute Gasteiger partial charge is 0.454 e. The van der Waals surface area contributed by atoms with Crippen LogP contribution in [0.15, 0.2) is 42.7 Å². The lowest BCUT2D eigenvalue weighted by Crippen LogP contribution is -1.92. The molecule has 0 saturated heterocycles. The quantitative estimate of drug-likeness (QED) is 0.758. The summed E-state index contributed by atoms with van der Waals surface area (Å²) in [5.41, 5.74) is 7.58. The Hall–Kier alpha value is -2.03. The van der Waals surface area contributed by atoms with E-state index in [1.165, 1.54) is 0 Å². The Labute approximate surface area is 88.5 Å². The van der Waals surface area contributed by atoms with Crippen molar-refractivity contribution < 1.29 is 4.74 Å². The van der Waals surface area contributed by atoms with E-state index in [2.05, 4.69) is 4.98 Å². The maximum Gasteiger partial charge on any atom is 0.150 e. The maximum absolute atomic E-state index is 5.82. The summed E-state index contributed by atoms with van der Waals surface area (Å²) in [5, 5.41) is 0. The molecular weight excluding hydrogens is 188 g/mol. The second kappa shape index (κ2) is 4.00. The summed E-state index contributed by atoms with van der Waals surface area (Å²) in [5.74, 6) is 1.35. The number of nitrogen functional groups attached to an aromatic ring is 1. The van der Waals surface area contributed by atoms with E-state index in [9.17, 15) is 0 Å². The third-order valence-electron chi connectivity index (χ3n) is 2.03. The van der Waals surface area contributed by atoms with Crippen molar-refractivity contribution in [3.05, 3.63) is 48.3 Å². The number of hydrogen-bond acceptors (Lipinski definition) is 3. The van der Waals surface area contributed by atoms with Crippen molar-refractivity contribution in [3.8, 4) is 11.5 Å². The van der Waals surface area contributed by atoms with Crippen molar-refractivity contribution in [1.29, 1.82) is 0 Å². The van der Waals surface area contributed by atoms with Crippen molar-refractivity contribution in [2.24, 2.45) is 0 Å². The summed E-state index contributed by atoms with van der Waals surface area (Å²) in [6, 6.07) is 9.36. The van der Waals surface area contributed by atoms with Crippen LogP contribution in [0.4, 0.5) is 5.69 Å². The van der Waals surface area contributed by atoms with Crippen LogP contribution >= 0.6 is 0 Å². The number of aromatic nitrogens is 1. The van der Waals surface area contributed by atoms with Crippen molar-refractivity contribution in [3.63, 3.8) is 0 Å². The number of anilines is 1. The molecule has 0 fully saturated rings. The van der Waals surface area contributed by atoms with Crippen molar-refractivity contribution in [2.45, 2.75) is 6.92 Å². The molecule has 3 heteroatoms. The topological polar surface area (TPSA) is 48.1 Å². The molecule has 2 aromatic rings. The van der Waals surface area contributed by atoms with Crippen LogP contribution < -0.4 is 10.5 Å². The van der Waals surface area contributed by atoms with Gasteiger partial charge in [0.1, 0.15) is 11.5 Å². The smallest absolute Gasteiger partial charge is 0.150 e. The fourth-order valence-corrected chi connectivity index (χ4v) is 1.30. The van der Waals surface area contributed by atoms with E-state index in [4.69, 9.17) is 10.5 Å². The van der Waals surface area contributed by atoms with Crippen molar-refractivity contribution >= 4 is 5.69 Å². The molecule has 0 aliphatic heterocycles.